The summed E-state index contributed by atoms with van der Waals surface area (Å²) in [6, 6.07) is 29.4. The monoisotopic (exact) mass is 420 g/mol. The van der Waals surface area contributed by atoms with Crippen LogP contribution in [0, 0.1) is 0 Å². The average Bonchev–Trinajstić information content (AvgIpc) is 2.79. The molecule has 2 nitrogen and oxygen atoms in total. The first-order chi connectivity index (χ1) is 14.6. The molecule has 0 atom stereocenters. The van der Waals surface area contributed by atoms with Crippen LogP contribution in [0.25, 0.3) is 0 Å². The number of hydrogen-bond acceptors (Lipinski definition) is 1. The molecule has 3 heteroatoms. The number of quaternary nitrogens is 1. The van der Waals surface area contributed by atoms with Gasteiger partial charge < -0.3 is 10.0 Å². The molecule has 0 aromatic heterocycles. The molecule has 0 bridgehead atoms. The number of piperidine rings is 1. The van der Waals surface area contributed by atoms with Gasteiger partial charge in [-0.3, -0.25) is 0 Å². The number of rotatable bonds is 7. The Bertz CT molecular complexity index is 863. The standard InChI is InChI=1S/C27H30ClNO/c28-25-15-13-24(14-16-25)27(30)17-20-29(21-18-27)19-7-12-26(22-8-3-1-4-9-22)23-10-5-2-6-11-23/h1-6,8-11,13-16,26,30H,7,12,17-21H2/p+1. The largest absolute Gasteiger partial charge is 0.385 e. The highest BCUT2D eigenvalue weighted by molar-refractivity contribution is 6.30. The highest BCUT2D eigenvalue weighted by Gasteiger charge is 2.36. The van der Waals surface area contributed by atoms with Crippen molar-refractivity contribution in [3.63, 3.8) is 0 Å². The minimum atomic E-state index is -0.704. The van der Waals surface area contributed by atoms with Crippen molar-refractivity contribution in [3.05, 3.63) is 107 Å². The molecule has 0 amide bonds. The van der Waals surface area contributed by atoms with Gasteiger partial charge in [0.1, 0.15) is 5.60 Å². The Morgan fingerprint density at radius 1 is 0.800 bits per heavy atom. The molecule has 1 heterocycles. The van der Waals surface area contributed by atoms with Gasteiger partial charge in [0.05, 0.1) is 19.6 Å². The first-order valence-electron chi connectivity index (χ1n) is 11.1. The van der Waals surface area contributed by atoms with E-state index in [1.807, 2.05) is 24.3 Å². The molecule has 1 saturated heterocycles. The molecule has 30 heavy (non-hydrogen) atoms. The van der Waals surface area contributed by atoms with Crippen LogP contribution >= 0.6 is 11.6 Å². The predicted molar refractivity (Wildman–Crippen MR) is 124 cm³/mol. The second kappa shape index (κ2) is 9.78. The van der Waals surface area contributed by atoms with Crippen LogP contribution in [0.2, 0.25) is 5.02 Å². The molecule has 156 valence electrons. The highest BCUT2D eigenvalue weighted by atomic mass is 35.5. The van der Waals surface area contributed by atoms with E-state index in [0.29, 0.717) is 5.92 Å². The van der Waals surface area contributed by atoms with E-state index in [4.69, 9.17) is 11.6 Å². The van der Waals surface area contributed by atoms with E-state index in [-0.39, 0.29) is 0 Å². The van der Waals surface area contributed by atoms with Gasteiger partial charge in [-0.05, 0) is 41.7 Å². The van der Waals surface area contributed by atoms with Gasteiger partial charge in [0.25, 0.3) is 0 Å². The maximum Gasteiger partial charge on any atom is 0.100 e. The third-order valence-electron chi connectivity index (χ3n) is 6.59. The van der Waals surface area contributed by atoms with E-state index in [1.165, 1.54) is 17.5 Å². The van der Waals surface area contributed by atoms with Crippen LogP contribution in [0.4, 0.5) is 0 Å². The fourth-order valence-corrected chi connectivity index (χ4v) is 4.89. The summed E-state index contributed by atoms with van der Waals surface area (Å²) in [6.45, 7) is 3.19. The average molecular weight is 421 g/mol. The lowest BCUT2D eigenvalue weighted by Crippen LogP contribution is -3.13. The second-order valence-electron chi connectivity index (χ2n) is 8.55. The molecule has 1 aliphatic heterocycles. The Morgan fingerprint density at radius 2 is 1.33 bits per heavy atom. The van der Waals surface area contributed by atoms with E-state index < -0.39 is 5.60 Å². The number of nitrogens with one attached hydrogen (secondary N) is 1. The van der Waals surface area contributed by atoms with Crippen molar-refractivity contribution in [2.75, 3.05) is 19.6 Å². The van der Waals surface area contributed by atoms with Crippen LogP contribution in [-0.2, 0) is 5.60 Å². The zero-order valence-corrected chi connectivity index (χ0v) is 18.2. The Morgan fingerprint density at radius 3 is 1.87 bits per heavy atom. The topological polar surface area (TPSA) is 24.7 Å². The Labute approximate surface area is 185 Å². The fraction of sp³-hybridized carbons (Fsp3) is 0.333. The summed E-state index contributed by atoms with van der Waals surface area (Å²) >= 11 is 6.00. The highest BCUT2D eigenvalue weighted by Crippen LogP contribution is 2.31. The van der Waals surface area contributed by atoms with Crippen molar-refractivity contribution in [2.45, 2.75) is 37.2 Å². The molecular weight excluding hydrogens is 390 g/mol. The van der Waals surface area contributed by atoms with Gasteiger partial charge in [-0.25, -0.2) is 0 Å². The van der Waals surface area contributed by atoms with Crippen LogP contribution in [0.15, 0.2) is 84.9 Å². The smallest absolute Gasteiger partial charge is 0.100 e. The van der Waals surface area contributed by atoms with Crippen molar-refractivity contribution >= 4 is 11.6 Å². The Hall–Kier alpha value is -2.13. The van der Waals surface area contributed by atoms with Crippen LogP contribution in [0.5, 0.6) is 0 Å². The summed E-state index contributed by atoms with van der Waals surface area (Å²) in [5, 5.41) is 11.8. The van der Waals surface area contributed by atoms with Crippen LogP contribution in [-0.4, -0.2) is 24.7 Å². The molecule has 1 fully saturated rings. The van der Waals surface area contributed by atoms with Gasteiger partial charge in [-0.1, -0.05) is 84.4 Å². The van der Waals surface area contributed by atoms with Gasteiger partial charge >= 0.3 is 0 Å². The lowest BCUT2D eigenvalue weighted by Gasteiger charge is -2.36. The van der Waals surface area contributed by atoms with Crippen LogP contribution in [0.1, 0.15) is 48.3 Å². The molecular formula is C27H31ClNO+. The molecule has 1 aliphatic rings. The lowest BCUT2D eigenvalue weighted by molar-refractivity contribution is -0.908. The number of hydrogen-bond donors (Lipinski definition) is 2. The van der Waals surface area contributed by atoms with Crippen LogP contribution < -0.4 is 4.90 Å². The maximum absolute atomic E-state index is 11.1. The molecule has 0 spiro atoms. The Balaban J connectivity index is 1.33. The van der Waals surface area contributed by atoms with Gasteiger partial charge in [0.2, 0.25) is 0 Å². The van der Waals surface area contributed by atoms with Gasteiger partial charge in [0.15, 0.2) is 0 Å². The second-order valence-corrected chi connectivity index (χ2v) is 8.99. The Kier molecular flexibility index (Phi) is 6.89. The number of likely N-dealkylation sites (tertiary alicyclic amines) is 1. The lowest BCUT2D eigenvalue weighted by atomic mass is 9.84. The van der Waals surface area contributed by atoms with E-state index in [9.17, 15) is 5.11 Å². The molecule has 3 aromatic rings. The summed E-state index contributed by atoms with van der Waals surface area (Å²) in [5.41, 5.74) is 3.09. The third-order valence-corrected chi connectivity index (χ3v) is 6.84. The summed E-state index contributed by atoms with van der Waals surface area (Å²) in [6.07, 6.45) is 3.96. The SMILES string of the molecule is OC1(c2ccc(Cl)cc2)CC[NH+](CCCC(c2ccccc2)c2ccccc2)CC1. The van der Waals surface area contributed by atoms with E-state index in [1.54, 1.807) is 4.90 Å². The van der Waals surface area contributed by atoms with Gasteiger partial charge in [-0.2, -0.15) is 0 Å². The minimum Gasteiger partial charge on any atom is -0.385 e. The van der Waals surface area contributed by atoms with Gasteiger partial charge in [0, 0.05) is 23.8 Å². The van der Waals surface area contributed by atoms with Crippen LogP contribution in [0.3, 0.4) is 0 Å². The normalized spacial score (nSPS) is 21.6. The maximum atomic E-state index is 11.1. The molecule has 0 saturated carbocycles. The molecule has 0 unspecified atom stereocenters. The summed E-state index contributed by atoms with van der Waals surface area (Å²) in [4.78, 5) is 1.61. The number of aliphatic hydroxyl groups is 1. The number of halogens is 1. The third kappa shape index (κ3) is 5.13. The van der Waals surface area contributed by atoms with Crippen molar-refractivity contribution in [3.8, 4) is 0 Å². The first-order valence-corrected chi connectivity index (χ1v) is 11.4. The zero-order chi connectivity index (χ0) is 20.8. The van der Waals surface area contributed by atoms with Crippen molar-refractivity contribution < 1.29 is 10.0 Å². The quantitative estimate of drug-likeness (QED) is 0.562. The number of benzene rings is 3. The van der Waals surface area contributed by atoms with E-state index in [0.717, 1.165) is 49.5 Å². The van der Waals surface area contributed by atoms with Crippen molar-refractivity contribution in [2.24, 2.45) is 0 Å². The fourth-order valence-electron chi connectivity index (χ4n) is 4.77. The zero-order valence-electron chi connectivity index (χ0n) is 17.4. The predicted octanol–water partition coefficient (Wildman–Crippen LogP) is 4.82. The van der Waals surface area contributed by atoms with E-state index in [2.05, 4.69) is 60.7 Å². The summed E-state index contributed by atoms with van der Waals surface area (Å²) in [5.74, 6) is 0.447. The molecule has 0 aliphatic carbocycles. The van der Waals surface area contributed by atoms with Crippen molar-refractivity contribution in [1.82, 2.24) is 0 Å². The van der Waals surface area contributed by atoms with Gasteiger partial charge in [-0.15, -0.1) is 0 Å². The van der Waals surface area contributed by atoms with Crippen molar-refractivity contribution in [1.29, 1.82) is 0 Å². The first kappa shape index (κ1) is 21.1. The molecule has 2 N–H and O–H groups in total. The minimum absolute atomic E-state index is 0.447. The summed E-state index contributed by atoms with van der Waals surface area (Å²) in [7, 11) is 0. The van der Waals surface area contributed by atoms with E-state index >= 15 is 0 Å². The molecule has 4 rings (SSSR count). The molecule has 0 radical (unpaired) electrons. The molecule has 3 aromatic carbocycles. The summed E-state index contributed by atoms with van der Waals surface area (Å²) < 4.78 is 0.